The minimum absolute atomic E-state index is 0.0948. The van der Waals surface area contributed by atoms with Crippen LogP contribution in [0.15, 0.2) is 82.8 Å². The van der Waals surface area contributed by atoms with Crippen molar-refractivity contribution in [2.45, 2.75) is 50.3 Å². The van der Waals surface area contributed by atoms with Crippen molar-refractivity contribution < 1.29 is 43.4 Å². The number of carbonyl (C=O) groups excluding carboxylic acids is 6. The Labute approximate surface area is 312 Å². The van der Waals surface area contributed by atoms with Crippen LogP contribution in [0, 0.1) is 0 Å². The second-order valence-corrected chi connectivity index (χ2v) is 13.6. The first-order valence-corrected chi connectivity index (χ1v) is 17.5. The Morgan fingerprint density at radius 3 is 2.20 bits per heavy atom. The van der Waals surface area contributed by atoms with Crippen LogP contribution in [0.25, 0.3) is 11.3 Å². The number of aromatic nitrogens is 1. The van der Waals surface area contributed by atoms with E-state index in [1.54, 1.807) is 48.5 Å². The molecule has 2 aliphatic rings. The standard InChI is InChI=1S/C36H37N7O10S/c1-18(44)42(32(48)25(37)14-27(38)46)24-11-8-20(9-12-24)26-13-10-22(31(47)40-26)15-41(33(49)28(39)21-6-4-3-5-7-21)30-34(50)43-29(36(51)52)23(16-53-19(2)45)17-54-35(30)43/h3-13,25,28,30,35H,14-17,37,39H2,1-2H3,(H2,38,46)(H,40,47)(H,51,52)/t25-,28?,30?,35+/m1/s1. The first-order chi connectivity index (χ1) is 25.6. The van der Waals surface area contributed by atoms with Crippen LogP contribution in [-0.4, -0.2) is 91.2 Å². The number of pyridine rings is 1. The molecule has 3 heterocycles. The lowest BCUT2D eigenvalue weighted by Gasteiger charge is -2.53. The molecule has 1 saturated heterocycles. The zero-order valence-corrected chi connectivity index (χ0v) is 29.9. The molecule has 5 amide bonds. The summed E-state index contributed by atoms with van der Waals surface area (Å²) in [5, 5.41) is 9.18. The first kappa shape index (κ1) is 39.1. The number of rotatable bonds is 13. The topological polar surface area (TPSA) is 270 Å². The Kier molecular flexibility index (Phi) is 11.8. The monoisotopic (exact) mass is 759 g/mol. The van der Waals surface area contributed by atoms with Crippen LogP contribution in [0.2, 0.25) is 0 Å². The summed E-state index contributed by atoms with van der Waals surface area (Å²) in [5.74, 6) is -5.59. The molecule has 282 valence electrons. The summed E-state index contributed by atoms with van der Waals surface area (Å²) in [5.41, 5.74) is 18.1. The van der Waals surface area contributed by atoms with Crippen molar-refractivity contribution in [3.63, 3.8) is 0 Å². The van der Waals surface area contributed by atoms with E-state index < -0.39 is 77.0 Å². The summed E-state index contributed by atoms with van der Waals surface area (Å²) >= 11 is 1.18. The number of carboxylic acid groups (broad SMARTS) is 1. The number of ether oxygens (including phenoxy) is 1. The molecule has 17 nitrogen and oxygen atoms in total. The number of thioether (sulfide) groups is 1. The molecule has 18 heteroatoms. The number of β-lactam (4-membered cyclic amide) rings is 1. The number of carboxylic acids is 1. The van der Waals surface area contributed by atoms with Gasteiger partial charge in [-0.2, -0.15) is 0 Å². The smallest absolute Gasteiger partial charge is 0.352 e. The number of imide groups is 1. The molecule has 0 aliphatic carbocycles. The van der Waals surface area contributed by atoms with E-state index in [2.05, 4.69) is 4.98 Å². The third kappa shape index (κ3) is 8.09. The number of aromatic amines is 1. The molecule has 0 saturated carbocycles. The van der Waals surface area contributed by atoms with Gasteiger partial charge in [0.2, 0.25) is 17.7 Å². The second kappa shape index (κ2) is 16.3. The lowest BCUT2D eigenvalue weighted by Crippen LogP contribution is -2.71. The van der Waals surface area contributed by atoms with Crippen molar-refractivity contribution in [2.75, 3.05) is 17.3 Å². The van der Waals surface area contributed by atoms with Gasteiger partial charge in [0.1, 0.15) is 29.8 Å². The number of anilines is 1. The highest BCUT2D eigenvalue weighted by molar-refractivity contribution is 8.00. The van der Waals surface area contributed by atoms with Crippen molar-refractivity contribution in [1.82, 2.24) is 14.8 Å². The van der Waals surface area contributed by atoms with Crippen molar-refractivity contribution in [3.8, 4) is 11.3 Å². The minimum Gasteiger partial charge on any atom is -0.477 e. The Hall–Kier alpha value is -6.11. The molecule has 4 atom stereocenters. The maximum absolute atomic E-state index is 14.1. The number of fused-ring (bicyclic) bond motifs is 1. The minimum atomic E-state index is -1.40. The molecular formula is C36H37N7O10S. The predicted molar refractivity (Wildman–Crippen MR) is 195 cm³/mol. The van der Waals surface area contributed by atoms with Crippen molar-refractivity contribution in [2.24, 2.45) is 17.2 Å². The number of benzene rings is 2. The highest BCUT2D eigenvalue weighted by Crippen LogP contribution is 2.43. The van der Waals surface area contributed by atoms with E-state index in [0.29, 0.717) is 16.8 Å². The number of esters is 1. The number of nitrogens with two attached hydrogens (primary N) is 3. The van der Waals surface area contributed by atoms with Gasteiger partial charge in [0.25, 0.3) is 17.4 Å². The fourth-order valence-corrected chi connectivity index (χ4v) is 7.51. The van der Waals surface area contributed by atoms with Gasteiger partial charge in [0, 0.05) is 36.4 Å². The van der Waals surface area contributed by atoms with Gasteiger partial charge < -0.3 is 36.9 Å². The van der Waals surface area contributed by atoms with Gasteiger partial charge in [-0.3, -0.25) is 38.5 Å². The molecule has 2 aromatic carbocycles. The number of amides is 5. The fourth-order valence-electron chi connectivity index (χ4n) is 6.12. The number of hydrogen-bond donors (Lipinski definition) is 5. The van der Waals surface area contributed by atoms with Gasteiger partial charge in [-0.1, -0.05) is 42.5 Å². The van der Waals surface area contributed by atoms with Gasteiger partial charge >= 0.3 is 11.9 Å². The second-order valence-electron chi connectivity index (χ2n) is 12.5. The zero-order chi connectivity index (χ0) is 39.4. The maximum Gasteiger partial charge on any atom is 0.352 e. The molecule has 3 aromatic rings. The Morgan fingerprint density at radius 2 is 1.63 bits per heavy atom. The number of nitrogens with zero attached hydrogens (tertiary/aromatic N) is 3. The van der Waals surface area contributed by atoms with E-state index in [0.717, 1.165) is 16.7 Å². The number of aliphatic carboxylic acids is 1. The van der Waals surface area contributed by atoms with E-state index in [4.69, 9.17) is 21.9 Å². The number of H-pyrrole nitrogens is 1. The van der Waals surface area contributed by atoms with Crippen LogP contribution < -0.4 is 27.7 Å². The summed E-state index contributed by atoms with van der Waals surface area (Å²) in [6.07, 6.45) is -0.457. The summed E-state index contributed by atoms with van der Waals surface area (Å²) in [7, 11) is 0. The highest BCUT2D eigenvalue weighted by Gasteiger charge is 2.57. The Balaban J connectivity index is 1.43. The van der Waals surface area contributed by atoms with Crippen molar-refractivity contribution in [3.05, 3.63) is 99.5 Å². The fraction of sp³-hybridized carbons (Fsp3) is 0.278. The van der Waals surface area contributed by atoms with Crippen LogP contribution in [0.3, 0.4) is 0 Å². The highest BCUT2D eigenvalue weighted by atomic mass is 32.2. The SMILES string of the molecule is CC(=O)OCC1=C(C(=O)O)N2C(=O)C(N(Cc3ccc(-c4ccc(N(C(C)=O)C(=O)[C@H](N)CC(N)=O)cc4)[nH]c3=O)C(=O)C(N)c3ccccc3)[C@@H]2SC1. The Morgan fingerprint density at radius 1 is 0.963 bits per heavy atom. The molecule has 8 N–H and O–H groups in total. The molecule has 2 unspecified atom stereocenters. The van der Waals surface area contributed by atoms with Gasteiger partial charge in [0.15, 0.2) is 0 Å². The molecule has 5 rings (SSSR count). The summed E-state index contributed by atoms with van der Waals surface area (Å²) in [6, 6.07) is 13.7. The molecule has 54 heavy (non-hydrogen) atoms. The number of primary amides is 1. The molecule has 1 fully saturated rings. The average Bonchev–Trinajstić information content (AvgIpc) is 3.13. The van der Waals surface area contributed by atoms with Crippen LogP contribution in [-0.2, 0) is 44.8 Å². The zero-order valence-electron chi connectivity index (χ0n) is 29.1. The first-order valence-electron chi connectivity index (χ1n) is 16.5. The molecule has 0 spiro atoms. The third-order valence-electron chi connectivity index (χ3n) is 8.76. The quantitative estimate of drug-likeness (QED) is 0.116. The lowest BCUT2D eigenvalue weighted by atomic mass is 9.98. The molecule has 0 radical (unpaired) electrons. The molecule has 2 aliphatic heterocycles. The summed E-state index contributed by atoms with van der Waals surface area (Å²) in [4.78, 5) is 107. The normalized spacial score (nSPS) is 17.4. The van der Waals surface area contributed by atoms with Gasteiger partial charge in [0.05, 0.1) is 24.7 Å². The summed E-state index contributed by atoms with van der Waals surface area (Å²) < 4.78 is 5.01. The van der Waals surface area contributed by atoms with Crippen LogP contribution in [0.1, 0.15) is 37.4 Å². The van der Waals surface area contributed by atoms with E-state index in [1.807, 2.05) is 0 Å². The van der Waals surface area contributed by atoms with Gasteiger partial charge in [-0.15, -0.1) is 11.8 Å². The van der Waals surface area contributed by atoms with Gasteiger partial charge in [-0.05, 0) is 35.4 Å². The van der Waals surface area contributed by atoms with Crippen LogP contribution >= 0.6 is 11.8 Å². The van der Waals surface area contributed by atoms with E-state index >= 15 is 0 Å². The molecule has 1 aromatic heterocycles. The Bertz CT molecular complexity index is 2100. The lowest BCUT2D eigenvalue weighted by molar-refractivity contribution is -0.161. The third-order valence-corrected chi connectivity index (χ3v) is 10.1. The number of carbonyl (C=O) groups is 7. The summed E-state index contributed by atoms with van der Waals surface area (Å²) in [6.45, 7) is 1.65. The predicted octanol–water partition coefficient (Wildman–Crippen LogP) is 0.338. The van der Waals surface area contributed by atoms with E-state index in [-0.39, 0.29) is 41.4 Å². The van der Waals surface area contributed by atoms with Gasteiger partial charge in [-0.25, -0.2) is 9.69 Å². The van der Waals surface area contributed by atoms with E-state index in [9.17, 15) is 43.5 Å². The van der Waals surface area contributed by atoms with Crippen LogP contribution in [0.5, 0.6) is 0 Å². The maximum atomic E-state index is 14.1. The van der Waals surface area contributed by atoms with Crippen molar-refractivity contribution >= 4 is 58.9 Å². The number of nitrogens with one attached hydrogen (secondary N) is 1. The molecular weight excluding hydrogens is 723 g/mol. The number of hydrogen-bond acceptors (Lipinski definition) is 12. The largest absolute Gasteiger partial charge is 0.477 e. The average molecular weight is 760 g/mol. The van der Waals surface area contributed by atoms with Crippen molar-refractivity contribution in [1.29, 1.82) is 0 Å². The van der Waals surface area contributed by atoms with Crippen LogP contribution in [0.4, 0.5) is 5.69 Å². The molecule has 0 bridgehead atoms. The van der Waals surface area contributed by atoms with E-state index in [1.165, 1.54) is 41.8 Å².